The van der Waals surface area contributed by atoms with Crippen LogP contribution in [0.2, 0.25) is 0 Å². The first-order valence-electron chi connectivity index (χ1n) is 14.6. The highest BCUT2D eigenvalue weighted by Gasteiger charge is 2.19. The van der Waals surface area contributed by atoms with Gasteiger partial charge in [-0.2, -0.15) is 0 Å². The molecular formula is C40H35O2P. The summed E-state index contributed by atoms with van der Waals surface area (Å²) in [5.41, 5.74) is 14.0. The number of benzene rings is 6. The Labute approximate surface area is 256 Å². The average Bonchev–Trinajstić information content (AvgIpc) is 3.02. The lowest BCUT2D eigenvalue weighted by molar-refractivity contribution is 0.518. The summed E-state index contributed by atoms with van der Waals surface area (Å²) in [7, 11) is -0.234. The third-order valence-electron chi connectivity index (χ3n) is 8.05. The van der Waals surface area contributed by atoms with Crippen molar-refractivity contribution >= 4 is 9.03 Å². The molecule has 0 aromatic heterocycles. The first-order valence-corrected chi connectivity index (χ1v) is 15.4. The van der Waals surface area contributed by atoms with E-state index in [1.807, 2.05) is 12.1 Å². The van der Waals surface area contributed by atoms with E-state index in [-0.39, 0.29) is 9.03 Å². The van der Waals surface area contributed by atoms with Crippen molar-refractivity contribution in [2.75, 3.05) is 0 Å². The van der Waals surface area contributed by atoms with E-state index in [2.05, 4.69) is 149 Å². The minimum absolute atomic E-state index is 0.234. The molecule has 0 unspecified atom stereocenters. The van der Waals surface area contributed by atoms with Crippen molar-refractivity contribution in [1.82, 2.24) is 0 Å². The Balaban J connectivity index is 1.41. The molecule has 2 nitrogen and oxygen atoms in total. The van der Waals surface area contributed by atoms with E-state index in [4.69, 9.17) is 9.05 Å². The number of aryl methyl sites for hydroxylation is 4. The molecule has 0 aliphatic heterocycles. The molecule has 212 valence electrons. The Hall–Kier alpha value is -4.65. The summed E-state index contributed by atoms with van der Waals surface area (Å²) in [6.07, 6.45) is 0. The highest BCUT2D eigenvalue weighted by atomic mass is 31.1. The summed E-state index contributed by atoms with van der Waals surface area (Å²) in [5.74, 6) is 1.61. The normalized spacial score (nSPS) is 10.9. The van der Waals surface area contributed by atoms with Gasteiger partial charge in [0.1, 0.15) is 11.5 Å². The second-order valence-corrected chi connectivity index (χ2v) is 11.5. The van der Waals surface area contributed by atoms with E-state index < -0.39 is 0 Å². The molecule has 0 fully saturated rings. The van der Waals surface area contributed by atoms with Gasteiger partial charge in [-0.05, 0) is 95.5 Å². The third kappa shape index (κ3) is 5.85. The van der Waals surface area contributed by atoms with E-state index >= 15 is 0 Å². The first kappa shape index (κ1) is 28.5. The zero-order chi connectivity index (χ0) is 29.8. The van der Waals surface area contributed by atoms with E-state index in [0.29, 0.717) is 0 Å². The van der Waals surface area contributed by atoms with Crippen LogP contribution >= 0.6 is 9.03 Å². The van der Waals surface area contributed by atoms with Crippen LogP contribution in [-0.2, 0) is 0 Å². The van der Waals surface area contributed by atoms with E-state index in [1.165, 1.54) is 33.4 Å². The Bertz CT molecular complexity index is 1770. The van der Waals surface area contributed by atoms with Crippen molar-refractivity contribution in [1.29, 1.82) is 0 Å². The van der Waals surface area contributed by atoms with Gasteiger partial charge in [-0.15, -0.1) is 0 Å². The van der Waals surface area contributed by atoms with Crippen molar-refractivity contribution < 1.29 is 9.05 Å². The Morgan fingerprint density at radius 1 is 0.326 bits per heavy atom. The minimum Gasteiger partial charge on any atom is -0.440 e. The SMILES string of the molecule is Cc1ccccc1-c1cccc(OPOc2cccc(-c3ccccc3C)c2-c2ccccc2C)c1-c1ccccc1C. The van der Waals surface area contributed by atoms with E-state index in [9.17, 15) is 0 Å². The number of rotatable bonds is 8. The van der Waals surface area contributed by atoms with Gasteiger partial charge in [0.25, 0.3) is 9.03 Å². The maximum Gasteiger partial charge on any atom is 0.275 e. The molecule has 0 saturated carbocycles. The molecule has 6 aromatic rings. The maximum absolute atomic E-state index is 6.55. The van der Waals surface area contributed by atoms with Crippen LogP contribution in [0.25, 0.3) is 44.5 Å². The summed E-state index contributed by atoms with van der Waals surface area (Å²) in [6, 6.07) is 46.6. The van der Waals surface area contributed by atoms with Crippen LogP contribution in [0.4, 0.5) is 0 Å². The average molecular weight is 579 g/mol. The van der Waals surface area contributed by atoms with Crippen molar-refractivity contribution in [3.8, 4) is 56.0 Å². The van der Waals surface area contributed by atoms with Crippen LogP contribution in [0.15, 0.2) is 133 Å². The fourth-order valence-corrected chi connectivity index (χ4v) is 6.37. The van der Waals surface area contributed by atoms with Gasteiger partial charge in [-0.1, -0.05) is 121 Å². The van der Waals surface area contributed by atoms with E-state index in [1.54, 1.807) is 0 Å². The van der Waals surface area contributed by atoms with Crippen LogP contribution in [0.5, 0.6) is 11.5 Å². The van der Waals surface area contributed by atoms with Gasteiger partial charge in [0.2, 0.25) is 0 Å². The fraction of sp³-hybridized carbons (Fsp3) is 0.100. The monoisotopic (exact) mass is 578 g/mol. The van der Waals surface area contributed by atoms with Gasteiger partial charge in [0.05, 0.1) is 0 Å². The standard InChI is InChI=1S/C40H35O2P/c1-27-15-5-9-19-31(27)35-23-13-25-37(39(35)33-21-11-7-17-29(33)3)41-43-42-38-26-14-24-36(32-20-10-6-16-28(32)2)40(38)34-22-12-8-18-30(34)4/h5-26,43H,1-4H3. The molecule has 0 bridgehead atoms. The molecule has 3 heteroatoms. The maximum atomic E-state index is 6.55. The highest BCUT2D eigenvalue weighted by Crippen LogP contribution is 2.46. The predicted molar refractivity (Wildman–Crippen MR) is 183 cm³/mol. The summed E-state index contributed by atoms with van der Waals surface area (Å²) in [4.78, 5) is 0. The fourth-order valence-electron chi connectivity index (χ4n) is 5.80. The molecule has 0 spiro atoms. The Kier molecular flexibility index (Phi) is 8.40. The zero-order valence-electron chi connectivity index (χ0n) is 25.0. The second kappa shape index (κ2) is 12.7. The van der Waals surface area contributed by atoms with Gasteiger partial charge >= 0.3 is 0 Å². The van der Waals surface area contributed by atoms with Crippen molar-refractivity contribution in [3.63, 3.8) is 0 Å². The summed E-state index contributed by atoms with van der Waals surface area (Å²) < 4.78 is 13.1. The highest BCUT2D eigenvalue weighted by molar-refractivity contribution is 7.27. The van der Waals surface area contributed by atoms with E-state index in [0.717, 1.165) is 44.9 Å². The molecule has 0 N–H and O–H groups in total. The molecule has 6 aromatic carbocycles. The first-order chi connectivity index (χ1) is 21.0. The van der Waals surface area contributed by atoms with Crippen LogP contribution < -0.4 is 9.05 Å². The largest absolute Gasteiger partial charge is 0.440 e. The molecule has 0 saturated heterocycles. The van der Waals surface area contributed by atoms with Gasteiger partial charge in [0.15, 0.2) is 0 Å². The van der Waals surface area contributed by atoms with Gasteiger partial charge in [0, 0.05) is 11.1 Å². The molecule has 0 atom stereocenters. The smallest absolute Gasteiger partial charge is 0.275 e. The summed E-state index contributed by atoms with van der Waals surface area (Å²) >= 11 is 0. The zero-order valence-corrected chi connectivity index (χ0v) is 26.0. The molecule has 43 heavy (non-hydrogen) atoms. The molecule has 0 aliphatic rings. The number of hydrogen-bond acceptors (Lipinski definition) is 2. The summed E-state index contributed by atoms with van der Waals surface area (Å²) in [5, 5.41) is 0. The van der Waals surface area contributed by atoms with Crippen LogP contribution in [-0.4, -0.2) is 0 Å². The third-order valence-corrected chi connectivity index (χ3v) is 8.66. The molecule has 0 radical (unpaired) electrons. The lowest BCUT2D eigenvalue weighted by Gasteiger charge is -2.20. The van der Waals surface area contributed by atoms with Gasteiger partial charge < -0.3 is 9.05 Å². The molecule has 0 heterocycles. The van der Waals surface area contributed by atoms with Crippen LogP contribution in [0, 0.1) is 27.7 Å². The quantitative estimate of drug-likeness (QED) is 0.167. The molecule has 6 rings (SSSR count). The second-order valence-electron chi connectivity index (χ2n) is 10.9. The molecule has 0 amide bonds. The van der Waals surface area contributed by atoms with Crippen molar-refractivity contribution in [2.45, 2.75) is 27.7 Å². The topological polar surface area (TPSA) is 18.5 Å². The minimum atomic E-state index is -0.234. The van der Waals surface area contributed by atoms with Gasteiger partial charge in [-0.3, -0.25) is 0 Å². The van der Waals surface area contributed by atoms with Crippen molar-refractivity contribution in [3.05, 3.63) is 156 Å². The molecular weight excluding hydrogens is 543 g/mol. The van der Waals surface area contributed by atoms with Crippen LogP contribution in [0.1, 0.15) is 22.3 Å². The predicted octanol–water partition coefficient (Wildman–Crippen LogP) is 11.6. The Morgan fingerprint density at radius 3 is 0.977 bits per heavy atom. The van der Waals surface area contributed by atoms with Crippen molar-refractivity contribution in [2.24, 2.45) is 0 Å². The summed E-state index contributed by atoms with van der Waals surface area (Å²) in [6.45, 7) is 8.61. The Morgan fingerprint density at radius 2 is 0.628 bits per heavy atom. The number of hydrogen-bond donors (Lipinski definition) is 0. The molecule has 0 aliphatic carbocycles. The lowest BCUT2D eigenvalue weighted by atomic mass is 9.90. The van der Waals surface area contributed by atoms with Gasteiger partial charge in [-0.25, -0.2) is 0 Å². The van der Waals surface area contributed by atoms with Crippen LogP contribution in [0.3, 0.4) is 0 Å². The lowest BCUT2D eigenvalue weighted by Crippen LogP contribution is -1.96.